The zero-order valence-corrected chi connectivity index (χ0v) is 28.0. The number of allylic oxidation sites excluding steroid dienone is 10. The molecule has 0 amide bonds. The summed E-state index contributed by atoms with van der Waals surface area (Å²) in [6, 6.07) is 5.08. The van der Waals surface area contributed by atoms with Crippen LogP contribution in [0, 0.1) is 0 Å². The summed E-state index contributed by atoms with van der Waals surface area (Å²) in [6.07, 6.45) is 22.3. The molecule has 1 aromatic rings. The van der Waals surface area contributed by atoms with Crippen LogP contribution in [0.1, 0.15) is 117 Å². The van der Waals surface area contributed by atoms with Gasteiger partial charge in [0, 0.05) is 13.1 Å². The van der Waals surface area contributed by atoms with E-state index in [2.05, 4.69) is 96.7 Å². The lowest BCUT2D eigenvalue weighted by Gasteiger charge is -2.25. The second kappa shape index (κ2) is 20.6. The lowest BCUT2D eigenvalue weighted by Crippen LogP contribution is -2.25. The third kappa shape index (κ3) is 16.2. The molecule has 0 aliphatic heterocycles. The Hall–Kier alpha value is -3.27. The summed E-state index contributed by atoms with van der Waals surface area (Å²) >= 11 is 0. The number of hydrogen-bond donors (Lipinski definition) is 1. The van der Waals surface area contributed by atoms with Gasteiger partial charge in [-0.15, -0.1) is 0 Å². The molecule has 4 nitrogen and oxygen atoms in total. The van der Waals surface area contributed by atoms with Gasteiger partial charge in [-0.2, -0.15) is 0 Å². The molecule has 42 heavy (non-hydrogen) atoms. The summed E-state index contributed by atoms with van der Waals surface area (Å²) in [5.41, 5.74) is 9.35. The van der Waals surface area contributed by atoms with Crippen molar-refractivity contribution in [1.29, 1.82) is 0 Å². The molecule has 4 heteroatoms. The first-order chi connectivity index (χ1) is 19.9. The van der Waals surface area contributed by atoms with Crippen LogP contribution >= 0.6 is 0 Å². The fraction of sp³-hybridized carbons (Fsp3) is 0.500. The Balaban J connectivity index is 2.99. The van der Waals surface area contributed by atoms with E-state index in [1.807, 2.05) is 0 Å². The van der Waals surface area contributed by atoms with Crippen molar-refractivity contribution in [2.24, 2.45) is 0 Å². The third-order valence-corrected chi connectivity index (χ3v) is 7.33. The van der Waals surface area contributed by atoms with Gasteiger partial charge < -0.3 is 14.7 Å². The molecule has 0 saturated carbocycles. The topological polar surface area (TPSA) is 49.8 Å². The average molecular weight is 576 g/mol. The Morgan fingerprint density at radius 2 is 1.07 bits per heavy atom. The number of nitrogens with zero attached hydrogens (tertiary/aromatic N) is 1. The largest absolute Gasteiger partial charge is 0.495 e. The molecule has 0 aliphatic rings. The number of methoxy groups -OCH3 is 1. The molecule has 0 aromatic heterocycles. The molecule has 1 rings (SSSR count). The standard InChI is InChI=1S/C38H57NO3/c1-29(2)14-10-16-31(5)18-12-20-33(7)24-26-39(36-28-35(38(40)41)22-23-37(36)42-9)27-25-34(8)21-13-19-32(6)17-11-15-30(3)4/h14-15,18-19,22-25,28H,10-13,16-17,20-21,26-27H2,1-9H3,(H,40,41). The minimum atomic E-state index is -0.934. The average Bonchev–Trinajstić information content (AvgIpc) is 2.92. The fourth-order valence-electron chi connectivity index (χ4n) is 4.55. The van der Waals surface area contributed by atoms with Gasteiger partial charge in [-0.25, -0.2) is 4.79 Å². The zero-order chi connectivity index (χ0) is 31.5. The Morgan fingerprint density at radius 1 is 0.667 bits per heavy atom. The van der Waals surface area contributed by atoms with Gasteiger partial charge in [0.25, 0.3) is 0 Å². The first-order valence-corrected chi connectivity index (χ1v) is 15.5. The van der Waals surface area contributed by atoms with Gasteiger partial charge in [0.1, 0.15) is 5.75 Å². The number of carbonyl (C=O) groups is 1. The first kappa shape index (κ1) is 36.8. The SMILES string of the molecule is COc1ccc(C(=O)O)cc1N(CC=C(C)CCC=C(C)CCC=C(C)C)CC=C(C)CCC=C(C)CCC=C(C)C. The predicted molar refractivity (Wildman–Crippen MR) is 183 cm³/mol. The van der Waals surface area contributed by atoms with Gasteiger partial charge >= 0.3 is 5.97 Å². The van der Waals surface area contributed by atoms with E-state index in [4.69, 9.17) is 4.74 Å². The van der Waals surface area contributed by atoms with E-state index in [0.717, 1.165) is 57.1 Å². The van der Waals surface area contributed by atoms with E-state index in [0.29, 0.717) is 18.8 Å². The van der Waals surface area contributed by atoms with Gasteiger partial charge in [-0.1, -0.05) is 69.9 Å². The molecule has 0 atom stereocenters. The van der Waals surface area contributed by atoms with E-state index in [1.165, 1.54) is 33.4 Å². The second-order valence-corrected chi connectivity index (χ2v) is 12.0. The van der Waals surface area contributed by atoms with Crippen LogP contribution in [-0.2, 0) is 0 Å². The smallest absolute Gasteiger partial charge is 0.335 e. The lowest BCUT2D eigenvalue weighted by molar-refractivity contribution is 0.0697. The molecule has 0 aliphatic carbocycles. The highest BCUT2D eigenvalue weighted by Gasteiger charge is 2.14. The highest BCUT2D eigenvalue weighted by molar-refractivity contribution is 5.89. The zero-order valence-electron chi connectivity index (χ0n) is 28.0. The van der Waals surface area contributed by atoms with E-state index >= 15 is 0 Å². The molecule has 0 fully saturated rings. The van der Waals surface area contributed by atoms with Crippen LogP contribution < -0.4 is 9.64 Å². The van der Waals surface area contributed by atoms with Gasteiger partial charge in [0.05, 0.1) is 18.4 Å². The Bertz CT molecular complexity index is 1110. The van der Waals surface area contributed by atoms with Gasteiger partial charge in [0.2, 0.25) is 0 Å². The molecule has 0 spiro atoms. The number of anilines is 1. The van der Waals surface area contributed by atoms with E-state index in [9.17, 15) is 9.90 Å². The molecule has 1 N–H and O–H groups in total. The summed E-state index contributed by atoms with van der Waals surface area (Å²) < 4.78 is 5.65. The number of carboxylic acid groups (broad SMARTS) is 1. The van der Waals surface area contributed by atoms with Crippen LogP contribution in [0.15, 0.2) is 88.1 Å². The molecule has 0 radical (unpaired) electrons. The summed E-state index contributed by atoms with van der Waals surface area (Å²) in [4.78, 5) is 14.0. The maximum absolute atomic E-state index is 11.8. The molecule has 0 heterocycles. The number of carboxylic acids is 1. The van der Waals surface area contributed by atoms with Crippen LogP contribution in [-0.4, -0.2) is 31.3 Å². The Labute approximate surface area is 257 Å². The van der Waals surface area contributed by atoms with Crippen LogP contribution in [0.3, 0.4) is 0 Å². The summed E-state index contributed by atoms with van der Waals surface area (Å²) in [7, 11) is 1.64. The summed E-state index contributed by atoms with van der Waals surface area (Å²) in [5, 5.41) is 9.64. The summed E-state index contributed by atoms with van der Waals surface area (Å²) in [5.74, 6) is -0.252. The van der Waals surface area contributed by atoms with Crippen molar-refractivity contribution in [3.8, 4) is 5.75 Å². The molecule has 0 unspecified atom stereocenters. The second-order valence-electron chi connectivity index (χ2n) is 12.0. The molecular formula is C38H57NO3. The fourth-order valence-corrected chi connectivity index (χ4v) is 4.55. The highest BCUT2D eigenvalue weighted by atomic mass is 16.5. The van der Waals surface area contributed by atoms with Crippen molar-refractivity contribution in [3.63, 3.8) is 0 Å². The monoisotopic (exact) mass is 575 g/mol. The third-order valence-electron chi connectivity index (χ3n) is 7.33. The quantitative estimate of drug-likeness (QED) is 0.167. The minimum Gasteiger partial charge on any atom is -0.495 e. The van der Waals surface area contributed by atoms with Crippen molar-refractivity contribution in [3.05, 3.63) is 93.7 Å². The van der Waals surface area contributed by atoms with Crippen molar-refractivity contribution in [2.45, 2.75) is 107 Å². The summed E-state index contributed by atoms with van der Waals surface area (Å²) in [6.45, 7) is 18.8. The van der Waals surface area contributed by atoms with Crippen molar-refractivity contribution < 1.29 is 14.6 Å². The number of rotatable bonds is 19. The van der Waals surface area contributed by atoms with Crippen LogP contribution in [0.5, 0.6) is 5.75 Å². The maximum atomic E-state index is 11.8. The van der Waals surface area contributed by atoms with Crippen LogP contribution in [0.4, 0.5) is 5.69 Å². The van der Waals surface area contributed by atoms with E-state index < -0.39 is 5.97 Å². The van der Waals surface area contributed by atoms with Crippen LogP contribution in [0.2, 0.25) is 0 Å². The maximum Gasteiger partial charge on any atom is 0.335 e. The Kier molecular flexibility index (Phi) is 18.0. The van der Waals surface area contributed by atoms with E-state index in [1.54, 1.807) is 25.3 Å². The van der Waals surface area contributed by atoms with Crippen molar-refractivity contribution in [2.75, 3.05) is 25.1 Å². The Morgan fingerprint density at radius 3 is 1.45 bits per heavy atom. The highest BCUT2D eigenvalue weighted by Crippen LogP contribution is 2.30. The minimum absolute atomic E-state index is 0.264. The lowest BCUT2D eigenvalue weighted by atomic mass is 10.1. The normalized spacial score (nSPS) is 12.7. The molecule has 1 aromatic carbocycles. The van der Waals surface area contributed by atoms with E-state index in [-0.39, 0.29) is 5.56 Å². The first-order valence-electron chi connectivity index (χ1n) is 15.5. The molecule has 232 valence electrons. The number of hydrogen-bond acceptors (Lipinski definition) is 3. The van der Waals surface area contributed by atoms with Crippen molar-refractivity contribution >= 4 is 11.7 Å². The molecule has 0 saturated heterocycles. The number of ether oxygens (including phenoxy) is 1. The molecule has 0 bridgehead atoms. The van der Waals surface area contributed by atoms with Gasteiger partial charge in [-0.3, -0.25) is 0 Å². The molecular weight excluding hydrogens is 518 g/mol. The van der Waals surface area contributed by atoms with Gasteiger partial charge in [-0.05, 0) is 125 Å². The number of benzene rings is 1. The predicted octanol–water partition coefficient (Wildman–Crippen LogP) is 11.0. The van der Waals surface area contributed by atoms with Crippen LogP contribution in [0.25, 0.3) is 0 Å². The number of aromatic carboxylic acids is 1. The van der Waals surface area contributed by atoms with Gasteiger partial charge in [0.15, 0.2) is 0 Å². The van der Waals surface area contributed by atoms with Crippen molar-refractivity contribution in [1.82, 2.24) is 0 Å².